The molecular weight excluding hydrogens is 332 g/mol. The lowest BCUT2D eigenvalue weighted by atomic mass is 10.1. The molecule has 1 saturated heterocycles. The van der Waals surface area contributed by atoms with Crippen molar-refractivity contribution < 1.29 is 9.59 Å². The lowest BCUT2D eigenvalue weighted by Crippen LogP contribution is -2.35. The number of aryl methyl sites for hydroxylation is 1. The van der Waals surface area contributed by atoms with E-state index < -0.39 is 0 Å². The number of amides is 2. The molecule has 0 radical (unpaired) electrons. The van der Waals surface area contributed by atoms with E-state index in [9.17, 15) is 9.59 Å². The first-order chi connectivity index (χ1) is 12.1. The van der Waals surface area contributed by atoms with E-state index in [1.165, 1.54) is 0 Å². The van der Waals surface area contributed by atoms with E-state index in [1.807, 2.05) is 60.5 Å². The zero-order chi connectivity index (χ0) is 17.8. The summed E-state index contributed by atoms with van der Waals surface area (Å²) in [6.07, 6.45) is 4.58. The van der Waals surface area contributed by atoms with Crippen molar-refractivity contribution in [3.05, 3.63) is 53.6 Å². The molecule has 5 heteroatoms. The number of carbonyl (C=O) groups is 2. The van der Waals surface area contributed by atoms with Crippen LogP contribution in [0.3, 0.4) is 0 Å². The molecule has 1 fully saturated rings. The molecule has 2 aromatic rings. The summed E-state index contributed by atoms with van der Waals surface area (Å²) in [4.78, 5) is 27.5. The van der Waals surface area contributed by atoms with Crippen LogP contribution in [0.15, 0.2) is 47.4 Å². The molecule has 4 nitrogen and oxygen atoms in total. The average Bonchev–Trinajstić information content (AvgIpc) is 2.62. The van der Waals surface area contributed by atoms with Crippen molar-refractivity contribution in [2.24, 2.45) is 0 Å². The second kappa shape index (κ2) is 7.74. The Morgan fingerprint density at radius 2 is 1.96 bits per heavy atom. The van der Waals surface area contributed by atoms with Gasteiger partial charge < -0.3 is 10.2 Å². The summed E-state index contributed by atoms with van der Waals surface area (Å²) in [6.45, 7) is 2.75. The first-order valence-electron chi connectivity index (χ1n) is 8.45. The van der Waals surface area contributed by atoms with E-state index in [0.717, 1.165) is 41.2 Å². The molecule has 1 heterocycles. The van der Waals surface area contributed by atoms with Crippen molar-refractivity contribution in [3.8, 4) is 0 Å². The number of hydrogen-bond donors (Lipinski definition) is 1. The van der Waals surface area contributed by atoms with Gasteiger partial charge in [0, 0.05) is 29.2 Å². The number of piperidine rings is 1. The Hall–Kier alpha value is -2.27. The predicted molar refractivity (Wildman–Crippen MR) is 104 cm³/mol. The van der Waals surface area contributed by atoms with Gasteiger partial charge in [0.2, 0.25) is 5.91 Å². The smallest absolute Gasteiger partial charge is 0.256 e. The zero-order valence-corrected chi connectivity index (χ0v) is 15.4. The van der Waals surface area contributed by atoms with E-state index in [2.05, 4.69) is 5.32 Å². The van der Waals surface area contributed by atoms with Crippen molar-refractivity contribution in [2.45, 2.75) is 31.1 Å². The van der Waals surface area contributed by atoms with Gasteiger partial charge in [-0.2, -0.15) is 0 Å². The summed E-state index contributed by atoms with van der Waals surface area (Å²) in [5.41, 5.74) is 3.34. The maximum absolute atomic E-state index is 12.6. The summed E-state index contributed by atoms with van der Waals surface area (Å²) in [5.74, 6) is 0.0613. The van der Waals surface area contributed by atoms with Crippen molar-refractivity contribution >= 4 is 35.0 Å². The molecule has 0 saturated carbocycles. The molecule has 0 aliphatic carbocycles. The summed E-state index contributed by atoms with van der Waals surface area (Å²) in [5, 5.41) is 2.96. The second-order valence-electron chi connectivity index (χ2n) is 6.16. The van der Waals surface area contributed by atoms with Crippen molar-refractivity contribution in [3.63, 3.8) is 0 Å². The Morgan fingerprint density at radius 3 is 2.68 bits per heavy atom. The molecule has 1 aliphatic heterocycles. The summed E-state index contributed by atoms with van der Waals surface area (Å²) in [7, 11) is 0. The highest BCUT2D eigenvalue weighted by atomic mass is 32.2. The molecule has 0 aromatic heterocycles. The normalized spacial score (nSPS) is 14.5. The molecule has 1 aliphatic rings. The van der Waals surface area contributed by atoms with Gasteiger partial charge in [-0.1, -0.05) is 12.1 Å². The number of rotatable bonds is 4. The van der Waals surface area contributed by atoms with Crippen LogP contribution in [-0.2, 0) is 4.79 Å². The van der Waals surface area contributed by atoms with E-state index >= 15 is 0 Å². The van der Waals surface area contributed by atoms with Gasteiger partial charge >= 0.3 is 0 Å². The SMILES string of the molecule is CSc1ccccc1C(=O)Nc1ccc(N2CCCCC2=O)c(C)c1. The monoisotopic (exact) mass is 354 g/mol. The first kappa shape index (κ1) is 17.5. The third kappa shape index (κ3) is 3.87. The third-order valence-corrected chi connectivity index (χ3v) is 5.22. The number of hydrogen-bond acceptors (Lipinski definition) is 3. The van der Waals surface area contributed by atoms with E-state index in [4.69, 9.17) is 0 Å². The Kier molecular flexibility index (Phi) is 5.43. The number of anilines is 2. The largest absolute Gasteiger partial charge is 0.322 e. The van der Waals surface area contributed by atoms with Crippen LogP contribution in [0.5, 0.6) is 0 Å². The number of benzene rings is 2. The van der Waals surface area contributed by atoms with Gasteiger partial charge in [-0.3, -0.25) is 9.59 Å². The molecule has 0 unspecified atom stereocenters. The predicted octanol–water partition coefficient (Wildman–Crippen LogP) is 4.49. The van der Waals surface area contributed by atoms with Crippen LogP contribution in [0.1, 0.15) is 35.2 Å². The van der Waals surface area contributed by atoms with Gasteiger partial charge in [-0.15, -0.1) is 11.8 Å². The highest BCUT2D eigenvalue weighted by Gasteiger charge is 2.21. The van der Waals surface area contributed by atoms with Gasteiger partial charge in [-0.25, -0.2) is 0 Å². The van der Waals surface area contributed by atoms with E-state index in [0.29, 0.717) is 12.0 Å². The van der Waals surface area contributed by atoms with Crippen LogP contribution >= 0.6 is 11.8 Å². The van der Waals surface area contributed by atoms with Crippen molar-refractivity contribution in [1.82, 2.24) is 0 Å². The Morgan fingerprint density at radius 1 is 1.16 bits per heavy atom. The minimum absolute atomic E-state index is 0.119. The highest BCUT2D eigenvalue weighted by Crippen LogP contribution is 2.28. The maximum atomic E-state index is 12.6. The van der Waals surface area contributed by atoms with Crippen LogP contribution in [0, 0.1) is 6.92 Å². The van der Waals surface area contributed by atoms with Gasteiger partial charge in [0.05, 0.1) is 5.56 Å². The van der Waals surface area contributed by atoms with Crippen molar-refractivity contribution in [2.75, 3.05) is 23.0 Å². The lowest BCUT2D eigenvalue weighted by molar-refractivity contribution is -0.119. The molecule has 25 heavy (non-hydrogen) atoms. The van der Waals surface area contributed by atoms with Gasteiger partial charge in [0.25, 0.3) is 5.91 Å². The first-order valence-corrected chi connectivity index (χ1v) is 9.68. The Balaban J connectivity index is 1.79. The molecule has 130 valence electrons. The number of nitrogens with one attached hydrogen (secondary N) is 1. The Labute approximate surface area is 152 Å². The van der Waals surface area contributed by atoms with Crippen LogP contribution in [0.4, 0.5) is 11.4 Å². The Bertz CT molecular complexity index is 804. The molecule has 2 aromatic carbocycles. The fraction of sp³-hybridized carbons (Fsp3) is 0.300. The average molecular weight is 354 g/mol. The molecule has 0 bridgehead atoms. The summed E-state index contributed by atoms with van der Waals surface area (Å²) < 4.78 is 0. The topological polar surface area (TPSA) is 49.4 Å². The lowest BCUT2D eigenvalue weighted by Gasteiger charge is -2.28. The standard InChI is InChI=1S/C20H22N2O2S/c1-14-13-15(10-11-17(14)22-12-6-5-9-19(22)23)21-20(24)16-7-3-4-8-18(16)25-2/h3-4,7-8,10-11,13H,5-6,9,12H2,1-2H3,(H,21,24). The zero-order valence-electron chi connectivity index (χ0n) is 14.5. The summed E-state index contributed by atoms with van der Waals surface area (Å²) >= 11 is 1.55. The minimum Gasteiger partial charge on any atom is -0.322 e. The molecule has 0 spiro atoms. The van der Waals surface area contributed by atoms with Crippen LogP contribution in [0.25, 0.3) is 0 Å². The molecule has 0 atom stereocenters. The quantitative estimate of drug-likeness (QED) is 0.823. The third-order valence-electron chi connectivity index (χ3n) is 4.42. The van der Waals surface area contributed by atoms with E-state index in [-0.39, 0.29) is 11.8 Å². The molecule has 2 amide bonds. The van der Waals surface area contributed by atoms with Crippen LogP contribution in [-0.4, -0.2) is 24.6 Å². The van der Waals surface area contributed by atoms with Gasteiger partial charge in [0.1, 0.15) is 0 Å². The molecule has 3 rings (SSSR count). The minimum atomic E-state index is -0.119. The number of carbonyl (C=O) groups excluding carboxylic acids is 2. The molecule has 1 N–H and O–H groups in total. The second-order valence-corrected chi connectivity index (χ2v) is 7.01. The summed E-state index contributed by atoms with van der Waals surface area (Å²) in [6, 6.07) is 13.3. The molecular formula is C20H22N2O2S. The highest BCUT2D eigenvalue weighted by molar-refractivity contribution is 7.98. The van der Waals surface area contributed by atoms with Crippen LogP contribution in [0.2, 0.25) is 0 Å². The van der Waals surface area contributed by atoms with Crippen molar-refractivity contribution in [1.29, 1.82) is 0 Å². The van der Waals surface area contributed by atoms with E-state index in [1.54, 1.807) is 11.8 Å². The number of nitrogens with zero attached hydrogens (tertiary/aromatic N) is 1. The van der Waals surface area contributed by atoms with Gasteiger partial charge in [-0.05, 0) is 61.9 Å². The fourth-order valence-corrected chi connectivity index (χ4v) is 3.72. The fourth-order valence-electron chi connectivity index (χ4n) is 3.13. The number of thioether (sulfide) groups is 1. The maximum Gasteiger partial charge on any atom is 0.256 e. The van der Waals surface area contributed by atoms with Gasteiger partial charge in [0.15, 0.2) is 0 Å². The van der Waals surface area contributed by atoms with Crippen LogP contribution < -0.4 is 10.2 Å².